The van der Waals surface area contributed by atoms with Crippen molar-refractivity contribution in [1.82, 2.24) is 4.98 Å². The fourth-order valence-electron chi connectivity index (χ4n) is 0.749. The van der Waals surface area contributed by atoms with Gasteiger partial charge >= 0.3 is 5.97 Å². The summed E-state index contributed by atoms with van der Waals surface area (Å²) in [6.07, 6.45) is 1.22. The van der Waals surface area contributed by atoms with Gasteiger partial charge in [-0.15, -0.1) is 0 Å². The lowest BCUT2D eigenvalue weighted by atomic mass is 10.2. The summed E-state index contributed by atoms with van der Waals surface area (Å²) in [5, 5.41) is 0.122. The Morgan fingerprint density at radius 1 is 1.62 bits per heavy atom. The van der Waals surface area contributed by atoms with Crippen LogP contribution in [0.2, 0.25) is 10.2 Å². The molecule has 1 rings (SSSR count). The molecule has 1 aromatic rings. The highest BCUT2D eigenvalue weighted by atomic mass is 35.5. The van der Waals surface area contributed by atoms with E-state index in [2.05, 4.69) is 9.72 Å². The van der Waals surface area contributed by atoms with Crippen molar-refractivity contribution in [1.29, 1.82) is 0 Å². The summed E-state index contributed by atoms with van der Waals surface area (Å²) >= 11 is 11.2. The van der Waals surface area contributed by atoms with Crippen LogP contribution >= 0.6 is 23.2 Å². The van der Waals surface area contributed by atoms with E-state index in [0.29, 0.717) is 0 Å². The average Bonchev–Trinajstić information content (AvgIpc) is 2.13. The molecule has 0 radical (unpaired) electrons. The molecular weight excluding hydrogens is 215 g/mol. The summed E-state index contributed by atoms with van der Waals surface area (Å²) < 4.78 is 4.45. The van der Waals surface area contributed by atoms with E-state index in [0.717, 1.165) is 0 Å². The maximum Gasteiger partial charge on any atom is 0.341 e. The number of nitrogens with zero attached hydrogens (tertiary/aromatic N) is 1. The molecule has 0 aliphatic heterocycles. The molecule has 0 aliphatic rings. The smallest absolute Gasteiger partial charge is 0.341 e. The van der Waals surface area contributed by atoms with Crippen molar-refractivity contribution in [2.45, 2.75) is 0 Å². The van der Waals surface area contributed by atoms with Crippen LogP contribution < -0.4 is 5.73 Å². The van der Waals surface area contributed by atoms with Crippen LogP contribution in [0.25, 0.3) is 0 Å². The van der Waals surface area contributed by atoms with Crippen LogP contribution in [0.3, 0.4) is 0 Å². The normalized spacial score (nSPS) is 9.77. The molecule has 0 bridgehead atoms. The van der Waals surface area contributed by atoms with Crippen LogP contribution in [-0.2, 0) is 4.74 Å². The largest absolute Gasteiger partial charge is 0.465 e. The van der Waals surface area contributed by atoms with Gasteiger partial charge < -0.3 is 10.5 Å². The summed E-state index contributed by atoms with van der Waals surface area (Å²) in [6.45, 7) is 0. The molecule has 4 nitrogen and oxygen atoms in total. The third-order valence-corrected chi connectivity index (χ3v) is 2.19. The van der Waals surface area contributed by atoms with Crippen LogP contribution in [0.5, 0.6) is 0 Å². The lowest BCUT2D eigenvalue weighted by Crippen LogP contribution is -2.06. The summed E-state index contributed by atoms with van der Waals surface area (Å²) in [6, 6.07) is 0. The van der Waals surface area contributed by atoms with E-state index < -0.39 is 5.97 Å². The lowest BCUT2D eigenvalue weighted by molar-refractivity contribution is 0.0601. The molecule has 1 heterocycles. The zero-order valence-corrected chi connectivity index (χ0v) is 8.19. The number of nitrogen functional groups attached to an aromatic ring is 1. The van der Waals surface area contributed by atoms with Crippen molar-refractivity contribution in [2.75, 3.05) is 12.8 Å². The minimum absolute atomic E-state index is 0.0598. The van der Waals surface area contributed by atoms with Crippen molar-refractivity contribution >= 4 is 34.9 Å². The van der Waals surface area contributed by atoms with E-state index in [1.807, 2.05) is 0 Å². The Morgan fingerprint density at radius 2 is 2.23 bits per heavy atom. The van der Waals surface area contributed by atoms with E-state index in [9.17, 15) is 4.79 Å². The molecule has 70 valence electrons. The highest BCUT2D eigenvalue weighted by Crippen LogP contribution is 2.28. The highest BCUT2D eigenvalue weighted by molar-refractivity contribution is 6.43. The fourth-order valence-corrected chi connectivity index (χ4v) is 1.05. The van der Waals surface area contributed by atoms with Gasteiger partial charge in [-0.05, 0) is 0 Å². The van der Waals surface area contributed by atoms with Gasteiger partial charge in [-0.2, -0.15) is 0 Å². The second kappa shape index (κ2) is 3.81. The quantitative estimate of drug-likeness (QED) is 0.579. The van der Waals surface area contributed by atoms with Gasteiger partial charge in [0, 0.05) is 6.20 Å². The van der Waals surface area contributed by atoms with Gasteiger partial charge in [0.2, 0.25) is 0 Å². The molecule has 0 saturated carbocycles. The average molecular weight is 221 g/mol. The Kier molecular flexibility index (Phi) is 2.95. The maximum atomic E-state index is 11.1. The number of pyridine rings is 1. The molecule has 2 N–H and O–H groups in total. The van der Waals surface area contributed by atoms with Crippen LogP contribution in [0.4, 0.5) is 5.69 Å². The molecule has 0 atom stereocenters. The number of anilines is 1. The standard InChI is InChI=1S/C7H6Cl2N2O2/c1-13-7(12)3-2-11-6(9)4(8)5(3)10/h2H,1H3,(H2,10,11). The molecule has 0 fully saturated rings. The molecule has 1 aromatic heterocycles. The third-order valence-electron chi connectivity index (χ3n) is 1.42. The SMILES string of the molecule is COC(=O)c1cnc(Cl)c(Cl)c1N. The van der Waals surface area contributed by atoms with E-state index in [1.165, 1.54) is 13.3 Å². The number of carbonyl (C=O) groups excluding carboxylic acids is 1. The van der Waals surface area contributed by atoms with E-state index in [1.54, 1.807) is 0 Å². The molecule has 13 heavy (non-hydrogen) atoms. The first-order valence-electron chi connectivity index (χ1n) is 3.25. The van der Waals surface area contributed by atoms with Crippen molar-refractivity contribution in [3.8, 4) is 0 Å². The summed E-state index contributed by atoms with van der Waals surface area (Å²) in [5.74, 6) is -0.594. The Morgan fingerprint density at radius 3 is 2.77 bits per heavy atom. The van der Waals surface area contributed by atoms with Gasteiger partial charge in [0.05, 0.1) is 12.8 Å². The Balaban J connectivity index is 3.26. The summed E-state index contributed by atoms with van der Waals surface area (Å²) in [5.41, 5.74) is 5.69. The minimum Gasteiger partial charge on any atom is -0.465 e. The van der Waals surface area contributed by atoms with Crippen LogP contribution in [0.15, 0.2) is 6.20 Å². The van der Waals surface area contributed by atoms with Crippen molar-refractivity contribution in [3.63, 3.8) is 0 Å². The first-order chi connectivity index (χ1) is 6.07. The number of carbonyl (C=O) groups is 1. The van der Waals surface area contributed by atoms with Gasteiger partial charge in [-0.25, -0.2) is 9.78 Å². The second-order valence-electron chi connectivity index (χ2n) is 2.18. The van der Waals surface area contributed by atoms with Gasteiger partial charge in [-0.3, -0.25) is 0 Å². The molecule has 0 aromatic carbocycles. The number of methoxy groups -OCH3 is 1. The summed E-state index contributed by atoms with van der Waals surface area (Å²) in [7, 11) is 1.24. The predicted octanol–water partition coefficient (Wildman–Crippen LogP) is 1.76. The number of ether oxygens (including phenoxy) is 1. The first-order valence-corrected chi connectivity index (χ1v) is 4.01. The zero-order chi connectivity index (χ0) is 10.0. The maximum absolute atomic E-state index is 11.1. The molecular formula is C7H6Cl2N2O2. The van der Waals surface area contributed by atoms with E-state index >= 15 is 0 Å². The van der Waals surface area contributed by atoms with E-state index in [-0.39, 0.29) is 21.4 Å². The minimum atomic E-state index is -0.594. The first kappa shape index (κ1) is 10.1. The summed E-state index contributed by atoms with van der Waals surface area (Å²) in [4.78, 5) is 14.7. The van der Waals surface area contributed by atoms with Gasteiger partial charge in [0.15, 0.2) is 0 Å². The zero-order valence-electron chi connectivity index (χ0n) is 6.67. The molecule has 0 amide bonds. The Bertz CT molecular complexity index is 355. The number of esters is 1. The molecule has 0 saturated heterocycles. The van der Waals surface area contributed by atoms with Crippen molar-refractivity contribution in [2.24, 2.45) is 0 Å². The third kappa shape index (κ3) is 1.84. The number of rotatable bonds is 1. The topological polar surface area (TPSA) is 65.2 Å². The number of halogens is 2. The van der Waals surface area contributed by atoms with Crippen LogP contribution in [0, 0.1) is 0 Å². The molecule has 6 heteroatoms. The Hall–Kier alpha value is -1.00. The predicted molar refractivity (Wildman–Crippen MR) is 50.0 cm³/mol. The molecule has 0 spiro atoms. The number of nitrogens with two attached hydrogens (primary N) is 1. The lowest BCUT2D eigenvalue weighted by Gasteiger charge is -2.04. The van der Waals surface area contributed by atoms with Gasteiger partial charge in [-0.1, -0.05) is 23.2 Å². The Labute approximate surface area is 84.6 Å². The second-order valence-corrected chi connectivity index (χ2v) is 2.92. The number of hydrogen-bond acceptors (Lipinski definition) is 4. The van der Waals surface area contributed by atoms with Gasteiger partial charge in [0.1, 0.15) is 15.7 Å². The van der Waals surface area contributed by atoms with Crippen LogP contribution in [-0.4, -0.2) is 18.1 Å². The van der Waals surface area contributed by atoms with E-state index in [4.69, 9.17) is 28.9 Å². The van der Waals surface area contributed by atoms with Crippen molar-refractivity contribution in [3.05, 3.63) is 21.9 Å². The van der Waals surface area contributed by atoms with Crippen LogP contribution in [0.1, 0.15) is 10.4 Å². The number of aromatic nitrogens is 1. The van der Waals surface area contributed by atoms with Gasteiger partial charge in [0.25, 0.3) is 0 Å². The fraction of sp³-hybridized carbons (Fsp3) is 0.143. The number of hydrogen-bond donors (Lipinski definition) is 1. The molecule has 0 unspecified atom stereocenters. The molecule has 0 aliphatic carbocycles. The highest BCUT2D eigenvalue weighted by Gasteiger charge is 2.15. The monoisotopic (exact) mass is 220 g/mol. The van der Waals surface area contributed by atoms with Crippen molar-refractivity contribution < 1.29 is 9.53 Å².